The predicted molar refractivity (Wildman–Crippen MR) is 89.3 cm³/mol. The molecule has 0 radical (unpaired) electrons. The fourth-order valence-electron chi connectivity index (χ4n) is 2.23. The van der Waals surface area contributed by atoms with E-state index in [1.807, 2.05) is 6.26 Å². The molecule has 1 fully saturated rings. The van der Waals surface area contributed by atoms with Crippen molar-refractivity contribution in [2.24, 2.45) is 0 Å². The van der Waals surface area contributed by atoms with E-state index in [0.717, 1.165) is 23.7 Å². The minimum Gasteiger partial charge on any atom is -0.396 e. The Bertz CT molecular complexity index is 473. The average Bonchev–Trinajstić information content (AvgIpc) is 2.75. The van der Waals surface area contributed by atoms with Crippen molar-refractivity contribution in [1.29, 1.82) is 0 Å². The Balaban J connectivity index is 2.33. The molecule has 0 saturated carbocycles. The molecule has 19 heavy (non-hydrogen) atoms. The fourth-order valence-corrected chi connectivity index (χ4v) is 5.53. The van der Waals surface area contributed by atoms with Crippen LogP contribution in [0.3, 0.4) is 0 Å². The molecule has 106 valence electrons. The first-order valence-corrected chi connectivity index (χ1v) is 9.51. The summed E-state index contributed by atoms with van der Waals surface area (Å²) >= 11 is 5.26. The Morgan fingerprint density at radius 2 is 2.32 bits per heavy atom. The van der Waals surface area contributed by atoms with Crippen LogP contribution in [0.2, 0.25) is 0 Å². The Morgan fingerprint density at radius 1 is 1.58 bits per heavy atom. The highest BCUT2D eigenvalue weighted by atomic mass is 32.2. The summed E-state index contributed by atoms with van der Waals surface area (Å²) in [6.45, 7) is 5.94. The molecule has 1 unspecified atom stereocenters. The largest absolute Gasteiger partial charge is 0.396 e. The van der Waals surface area contributed by atoms with E-state index >= 15 is 0 Å². The number of anilines is 2. The monoisotopic (exact) mass is 316 g/mol. The standard InChI is InChI=1S/C13H20N2OS3/c1-4-9-7-15(5-6-18-9)13-12(17-3)10(14)11(19-13)8(2)16/h9H,4-7,14H2,1-3H3. The molecule has 0 aliphatic carbocycles. The van der Waals surface area contributed by atoms with Gasteiger partial charge in [-0.3, -0.25) is 4.79 Å². The van der Waals surface area contributed by atoms with Crippen LogP contribution in [0.25, 0.3) is 0 Å². The number of thioether (sulfide) groups is 2. The van der Waals surface area contributed by atoms with Gasteiger partial charge in [0.2, 0.25) is 0 Å². The normalized spacial score (nSPS) is 19.7. The van der Waals surface area contributed by atoms with Crippen molar-refractivity contribution in [2.75, 3.05) is 35.7 Å². The smallest absolute Gasteiger partial charge is 0.171 e. The van der Waals surface area contributed by atoms with Crippen LogP contribution < -0.4 is 10.6 Å². The number of carbonyl (C=O) groups is 1. The molecule has 0 bridgehead atoms. The van der Waals surface area contributed by atoms with E-state index in [1.54, 1.807) is 30.0 Å². The van der Waals surface area contributed by atoms with E-state index in [2.05, 4.69) is 23.6 Å². The van der Waals surface area contributed by atoms with Crippen LogP contribution in [0.4, 0.5) is 10.7 Å². The van der Waals surface area contributed by atoms with Gasteiger partial charge in [0.1, 0.15) is 5.00 Å². The molecule has 2 N–H and O–H groups in total. The summed E-state index contributed by atoms with van der Waals surface area (Å²) in [5.41, 5.74) is 6.80. The maximum Gasteiger partial charge on any atom is 0.171 e. The van der Waals surface area contributed by atoms with E-state index in [1.165, 1.54) is 11.4 Å². The minimum absolute atomic E-state index is 0.0717. The van der Waals surface area contributed by atoms with Gasteiger partial charge in [0, 0.05) is 31.0 Å². The third-order valence-corrected chi connectivity index (χ3v) is 6.98. The lowest BCUT2D eigenvalue weighted by Crippen LogP contribution is -2.37. The lowest BCUT2D eigenvalue weighted by atomic mass is 10.3. The van der Waals surface area contributed by atoms with Gasteiger partial charge in [-0.05, 0) is 12.7 Å². The highest BCUT2D eigenvalue weighted by Crippen LogP contribution is 2.45. The number of nitrogen functional groups attached to an aromatic ring is 1. The molecule has 6 heteroatoms. The zero-order valence-corrected chi connectivity index (χ0v) is 14.0. The number of rotatable bonds is 4. The Hall–Kier alpha value is -0.330. The second-order valence-electron chi connectivity index (χ2n) is 4.59. The Morgan fingerprint density at radius 3 is 2.89 bits per heavy atom. The molecule has 0 spiro atoms. The van der Waals surface area contributed by atoms with Gasteiger partial charge >= 0.3 is 0 Å². The van der Waals surface area contributed by atoms with Crippen LogP contribution in [-0.4, -0.2) is 36.1 Å². The third-order valence-electron chi connectivity index (χ3n) is 3.29. The van der Waals surface area contributed by atoms with Gasteiger partial charge in [0.25, 0.3) is 0 Å². The minimum atomic E-state index is 0.0717. The molecule has 3 nitrogen and oxygen atoms in total. The summed E-state index contributed by atoms with van der Waals surface area (Å²) in [4.78, 5) is 15.9. The maximum absolute atomic E-state index is 11.6. The van der Waals surface area contributed by atoms with Crippen LogP contribution >= 0.6 is 34.9 Å². The molecule has 1 aromatic heterocycles. The molecule has 2 rings (SSSR count). The van der Waals surface area contributed by atoms with E-state index in [4.69, 9.17) is 5.73 Å². The summed E-state index contributed by atoms with van der Waals surface area (Å²) in [5.74, 6) is 1.22. The lowest BCUT2D eigenvalue weighted by Gasteiger charge is -2.33. The predicted octanol–water partition coefficient (Wildman–Crippen LogP) is 3.59. The summed E-state index contributed by atoms with van der Waals surface area (Å²) in [6, 6.07) is 0. The van der Waals surface area contributed by atoms with Crippen molar-refractivity contribution < 1.29 is 4.79 Å². The number of hydrogen-bond donors (Lipinski definition) is 1. The van der Waals surface area contributed by atoms with Crippen molar-refractivity contribution in [3.05, 3.63) is 4.88 Å². The van der Waals surface area contributed by atoms with Gasteiger partial charge in [-0.1, -0.05) is 6.92 Å². The molecule has 1 aliphatic rings. The van der Waals surface area contributed by atoms with Crippen LogP contribution in [0, 0.1) is 0 Å². The molecular formula is C13H20N2OS3. The van der Waals surface area contributed by atoms with Gasteiger partial charge in [-0.15, -0.1) is 23.1 Å². The fraction of sp³-hybridized carbons (Fsp3) is 0.615. The van der Waals surface area contributed by atoms with Crippen molar-refractivity contribution in [1.82, 2.24) is 0 Å². The molecule has 1 saturated heterocycles. The SMILES string of the molecule is CCC1CN(c2sc(C(C)=O)c(N)c2SC)CCS1. The van der Waals surface area contributed by atoms with Gasteiger partial charge in [-0.25, -0.2) is 0 Å². The Labute approximate surface area is 127 Å². The number of ketones is 1. The number of thiophene rings is 1. The molecule has 0 amide bonds. The number of nitrogens with zero attached hydrogens (tertiary/aromatic N) is 1. The number of hydrogen-bond acceptors (Lipinski definition) is 6. The average molecular weight is 317 g/mol. The summed E-state index contributed by atoms with van der Waals surface area (Å²) in [5, 5.41) is 1.88. The zero-order valence-electron chi connectivity index (χ0n) is 11.6. The van der Waals surface area contributed by atoms with Crippen molar-refractivity contribution >= 4 is 51.3 Å². The first-order valence-electron chi connectivity index (χ1n) is 6.42. The van der Waals surface area contributed by atoms with Crippen molar-refractivity contribution in [2.45, 2.75) is 30.4 Å². The van der Waals surface area contributed by atoms with Crippen molar-refractivity contribution in [3.8, 4) is 0 Å². The summed E-state index contributed by atoms with van der Waals surface area (Å²) in [6.07, 6.45) is 3.22. The van der Waals surface area contributed by atoms with E-state index < -0.39 is 0 Å². The van der Waals surface area contributed by atoms with Gasteiger partial charge in [0.05, 0.1) is 15.5 Å². The maximum atomic E-state index is 11.6. The quantitative estimate of drug-likeness (QED) is 0.679. The van der Waals surface area contributed by atoms with Gasteiger partial charge < -0.3 is 10.6 Å². The zero-order chi connectivity index (χ0) is 14.0. The molecule has 1 aromatic rings. The molecule has 1 aliphatic heterocycles. The topological polar surface area (TPSA) is 46.3 Å². The number of nitrogens with two attached hydrogens (primary N) is 1. The van der Waals surface area contributed by atoms with Crippen LogP contribution in [0.15, 0.2) is 4.90 Å². The van der Waals surface area contributed by atoms with E-state index in [-0.39, 0.29) is 5.78 Å². The highest BCUT2D eigenvalue weighted by molar-refractivity contribution is 8.00. The Kier molecular flexibility index (Phi) is 5.09. The van der Waals surface area contributed by atoms with Gasteiger partial charge in [-0.2, -0.15) is 11.8 Å². The highest BCUT2D eigenvalue weighted by Gasteiger charge is 2.26. The van der Waals surface area contributed by atoms with Gasteiger partial charge in [0.15, 0.2) is 5.78 Å². The van der Waals surface area contributed by atoms with Crippen LogP contribution in [0.1, 0.15) is 29.9 Å². The second-order valence-corrected chi connectivity index (χ2v) is 7.81. The third kappa shape index (κ3) is 3.06. The first-order chi connectivity index (χ1) is 9.08. The van der Waals surface area contributed by atoms with Crippen molar-refractivity contribution in [3.63, 3.8) is 0 Å². The number of Topliss-reactive ketones (excluding diaryl/α,β-unsaturated/α-hetero) is 1. The number of carbonyl (C=O) groups excluding carboxylic acids is 1. The van der Waals surface area contributed by atoms with E-state index in [0.29, 0.717) is 15.8 Å². The molecule has 0 aromatic carbocycles. The second kappa shape index (κ2) is 6.41. The molecular weight excluding hydrogens is 296 g/mol. The summed E-state index contributed by atoms with van der Waals surface area (Å²) < 4.78 is 0. The molecule has 1 atom stereocenters. The van der Waals surface area contributed by atoms with E-state index in [9.17, 15) is 4.79 Å². The summed E-state index contributed by atoms with van der Waals surface area (Å²) in [7, 11) is 0. The first kappa shape index (κ1) is 15.1. The van der Waals surface area contributed by atoms with Crippen LogP contribution in [0.5, 0.6) is 0 Å². The lowest BCUT2D eigenvalue weighted by molar-refractivity contribution is 0.102. The van der Waals surface area contributed by atoms with Crippen LogP contribution in [-0.2, 0) is 0 Å². The molecule has 2 heterocycles.